The molecule has 2 heterocycles. The highest BCUT2D eigenvalue weighted by atomic mass is 16.5. The number of esters is 1. The summed E-state index contributed by atoms with van der Waals surface area (Å²) in [7, 11) is 1.33. The summed E-state index contributed by atoms with van der Waals surface area (Å²) in [4.78, 5) is 28.1. The fourth-order valence-corrected chi connectivity index (χ4v) is 2.30. The van der Waals surface area contributed by atoms with Gasteiger partial charge in [0.1, 0.15) is 11.6 Å². The van der Waals surface area contributed by atoms with Crippen molar-refractivity contribution in [2.24, 2.45) is 0 Å². The van der Waals surface area contributed by atoms with Crippen molar-refractivity contribution < 1.29 is 18.7 Å². The number of hydrogen-bond acceptors (Lipinski definition) is 6. The highest BCUT2D eigenvalue weighted by Gasteiger charge is 2.12. The smallest absolute Gasteiger partial charge is 0.339 e. The summed E-state index contributed by atoms with van der Waals surface area (Å²) in [5.74, 6) is 0.477. The molecule has 1 amide bonds. The average molecular weight is 351 g/mol. The predicted molar refractivity (Wildman–Crippen MR) is 95.2 cm³/mol. The van der Waals surface area contributed by atoms with Gasteiger partial charge in [-0.3, -0.25) is 4.79 Å². The number of para-hydroxylation sites is 1. The minimum Gasteiger partial charge on any atom is -0.467 e. The molecular formula is C19H17N3O4. The number of hydrogen-bond donors (Lipinski definition) is 2. The maximum atomic E-state index is 12.1. The lowest BCUT2D eigenvalue weighted by molar-refractivity contribution is 0.0601. The molecule has 0 spiro atoms. The zero-order chi connectivity index (χ0) is 18.4. The lowest BCUT2D eigenvalue weighted by Crippen LogP contribution is -2.22. The Morgan fingerprint density at radius 2 is 1.96 bits per heavy atom. The third-order valence-corrected chi connectivity index (χ3v) is 3.62. The van der Waals surface area contributed by atoms with E-state index in [9.17, 15) is 9.59 Å². The van der Waals surface area contributed by atoms with Gasteiger partial charge in [0.2, 0.25) is 0 Å². The molecule has 0 aliphatic rings. The van der Waals surface area contributed by atoms with Gasteiger partial charge in [-0.15, -0.1) is 0 Å². The van der Waals surface area contributed by atoms with E-state index < -0.39 is 5.97 Å². The third-order valence-electron chi connectivity index (χ3n) is 3.62. The zero-order valence-electron chi connectivity index (χ0n) is 14.1. The number of nitrogens with zero attached hydrogens (tertiary/aromatic N) is 1. The second-order valence-electron chi connectivity index (χ2n) is 5.36. The fourth-order valence-electron chi connectivity index (χ4n) is 2.30. The molecule has 132 valence electrons. The first-order valence-corrected chi connectivity index (χ1v) is 7.88. The second-order valence-corrected chi connectivity index (χ2v) is 5.36. The number of carbonyl (C=O) groups excluding carboxylic acids is 2. The van der Waals surface area contributed by atoms with Gasteiger partial charge in [0.25, 0.3) is 5.91 Å². The molecule has 0 saturated carbocycles. The van der Waals surface area contributed by atoms with Crippen molar-refractivity contribution in [3.8, 4) is 0 Å². The van der Waals surface area contributed by atoms with Gasteiger partial charge >= 0.3 is 5.97 Å². The van der Waals surface area contributed by atoms with Crippen molar-refractivity contribution in [1.82, 2.24) is 10.3 Å². The standard InChI is InChI=1S/C19H17N3O4/c1-25-19(24)15-6-2-3-7-16(15)22-17-9-8-13(11-20-17)18(23)21-12-14-5-4-10-26-14/h2-11H,12H2,1H3,(H,20,22)(H,21,23). The summed E-state index contributed by atoms with van der Waals surface area (Å²) < 4.78 is 9.93. The first-order chi connectivity index (χ1) is 12.7. The van der Waals surface area contributed by atoms with E-state index in [0.717, 1.165) is 0 Å². The maximum absolute atomic E-state index is 12.1. The van der Waals surface area contributed by atoms with Crippen LogP contribution in [0.1, 0.15) is 26.5 Å². The van der Waals surface area contributed by atoms with Crippen LogP contribution in [-0.4, -0.2) is 24.0 Å². The molecule has 0 saturated heterocycles. The van der Waals surface area contributed by atoms with Crippen LogP contribution in [0.3, 0.4) is 0 Å². The van der Waals surface area contributed by atoms with Gasteiger partial charge in [-0.2, -0.15) is 0 Å². The topological polar surface area (TPSA) is 93.5 Å². The first-order valence-electron chi connectivity index (χ1n) is 7.88. The van der Waals surface area contributed by atoms with Crippen LogP contribution in [0.5, 0.6) is 0 Å². The number of carbonyl (C=O) groups is 2. The Kier molecular flexibility index (Phi) is 5.28. The minimum atomic E-state index is -0.443. The van der Waals surface area contributed by atoms with Crippen LogP contribution >= 0.6 is 0 Å². The molecule has 0 aliphatic carbocycles. The van der Waals surface area contributed by atoms with Crippen molar-refractivity contribution in [1.29, 1.82) is 0 Å². The molecule has 3 aromatic rings. The maximum Gasteiger partial charge on any atom is 0.339 e. The van der Waals surface area contributed by atoms with E-state index in [1.54, 1.807) is 54.8 Å². The number of amides is 1. The predicted octanol–water partition coefficient (Wildman–Crippen LogP) is 3.13. The number of methoxy groups -OCH3 is 1. The molecule has 2 aromatic heterocycles. The van der Waals surface area contributed by atoms with Crippen LogP contribution in [0, 0.1) is 0 Å². The van der Waals surface area contributed by atoms with Crippen LogP contribution in [0.15, 0.2) is 65.4 Å². The van der Waals surface area contributed by atoms with Crippen molar-refractivity contribution >= 4 is 23.4 Å². The molecule has 0 aliphatic heterocycles. The molecule has 0 fully saturated rings. The van der Waals surface area contributed by atoms with Gasteiger partial charge in [0, 0.05) is 6.20 Å². The molecule has 7 nitrogen and oxygen atoms in total. The van der Waals surface area contributed by atoms with Gasteiger partial charge in [-0.05, 0) is 36.4 Å². The van der Waals surface area contributed by atoms with Gasteiger partial charge in [0.15, 0.2) is 0 Å². The number of ether oxygens (including phenoxy) is 1. The van der Waals surface area contributed by atoms with E-state index in [1.165, 1.54) is 13.3 Å². The molecule has 0 radical (unpaired) electrons. The molecule has 1 aromatic carbocycles. The van der Waals surface area contributed by atoms with Crippen LogP contribution < -0.4 is 10.6 Å². The summed E-state index contributed by atoms with van der Waals surface area (Å²) >= 11 is 0. The van der Waals surface area contributed by atoms with Crippen LogP contribution in [-0.2, 0) is 11.3 Å². The summed E-state index contributed by atoms with van der Waals surface area (Å²) in [6.07, 6.45) is 3.01. The normalized spacial score (nSPS) is 10.2. The number of anilines is 2. The number of benzene rings is 1. The summed E-state index contributed by atoms with van der Waals surface area (Å²) in [5, 5.41) is 5.80. The third kappa shape index (κ3) is 4.07. The van der Waals surface area contributed by atoms with Gasteiger partial charge in [0.05, 0.1) is 36.7 Å². The minimum absolute atomic E-state index is 0.254. The number of pyridine rings is 1. The highest BCUT2D eigenvalue weighted by Crippen LogP contribution is 2.20. The van der Waals surface area contributed by atoms with E-state index in [2.05, 4.69) is 15.6 Å². The van der Waals surface area contributed by atoms with E-state index in [0.29, 0.717) is 34.9 Å². The summed E-state index contributed by atoms with van der Waals surface area (Å²) in [5.41, 5.74) is 1.39. The second kappa shape index (κ2) is 7.98. The van der Waals surface area contributed by atoms with Gasteiger partial charge < -0.3 is 19.8 Å². The van der Waals surface area contributed by atoms with E-state index in [4.69, 9.17) is 9.15 Å². The Morgan fingerprint density at radius 1 is 1.12 bits per heavy atom. The van der Waals surface area contributed by atoms with Crippen molar-refractivity contribution in [2.45, 2.75) is 6.54 Å². The van der Waals surface area contributed by atoms with Crippen LogP contribution in [0.2, 0.25) is 0 Å². The number of nitrogens with one attached hydrogen (secondary N) is 2. The van der Waals surface area contributed by atoms with Crippen molar-refractivity contribution in [3.05, 3.63) is 77.9 Å². The van der Waals surface area contributed by atoms with E-state index in [1.807, 2.05) is 0 Å². The first kappa shape index (κ1) is 17.2. The monoisotopic (exact) mass is 351 g/mol. The van der Waals surface area contributed by atoms with Crippen LogP contribution in [0.25, 0.3) is 0 Å². The quantitative estimate of drug-likeness (QED) is 0.663. The molecule has 7 heteroatoms. The molecule has 0 bridgehead atoms. The number of rotatable bonds is 6. The van der Waals surface area contributed by atoms with E-state index in [-0.39, 0.29) is 5.91 Å². The molecular weight excluding hydrogens is 334 g/mol. The molecule has 26 heavy (non-hydrogen) atoms. The summed E-state index contributed by atoms with van der Waals surface area (Å²) in [6.45, 7) is 0.304. The lowest BCUT2D eigenvalue weighted by atomic mass is 10.2. The van der Waals surface area contributed by atoms with Crippen molar-refractivity contribution in [2.75, 3.05) is 12.4 Å². The Labute approximate surface area is 150 Å². The van der Waals surface area contributed by atoms with Crippen molar-refractivity contribution in [3.63, 3.8) is 0 Å². The largest absolute Gasteiger partial charge is 0.467 e. The molecule has 2 N–H and O–H groups in total. The molecule has 0 atom stereocenters. The van der Waals surface area contributed by atoms with Crippen LogP contribution in [0.4, 0.5) is 11.5 Å². The lowest BCUT2D eigenvalue weighted by Gasteiger charge is -2.10. The highest BCUT2D eigenvalue weighted by molar-refractivity contribution is 5.96. The van der Waals surface area contributed by atoms with E-state index >= 15 is 0 Å². The summed E-state index contributed by atoms with van der Waals surface area (Å²) in [6, 6.07) is 13.8. The molecule has 0 unspecified atom stereocenters. The average Bonchev–Trinajstić information content (AvgIpc) is 3.20. The Balaban J connectivity index is 1.66. The SMILES string of the molecule is COC(=O)c1ccccc1Nc1ccc(C(=O)NCc2ccco2)cn1. The van der Waals surface area contributed by atoms with Gasteiger partial charge in [-0.25, -0.2) is 9.78 Å². The number of furan rings is 1. The Hall–Kier alpha value is -3.61. The fraction of sp³-hybridized carbons (Fsp3) is 0.105. The zero-order valence-corrected chi connectivity index (χ0v) is 14.1. The van der Waals surface area contributed by atoms with Gasteiger partial charge in [-0.1, -0.05) is 12.1 Å². The molecule has 3 rings (SSSR count). The Bertz CT molecular complexity index is 889. The Morgan fingerprint density at radius 3 is 2.65 bits per heavy atom. The number of aromatic nitrogens is 1.